The molecule has 1 rings (SSSR count). The van der Waals surface area contributed by atoms with Gasteiger partial charge in [-0.2, -0.15) is 0 Å². The molecule has 1 aromatic heterocycles. The molecule has 78 valence electrons. The molecule has 4 nitrogen and oxygen atoms in total. The van der Waals surface area contributed by atoms with Crippen molar-refractivity contribution in [1.82, 2.24) is 9.97 Å². The van der Waals surface area contributed by atoms with Crippen molar-refractivity contribution >= 4 is 5.82 Å². The molecule has 0 aliphatic carbocycles. The lowest BCUT2D eigenvalue weighted by molar-refractivity contribution is 0.754. The first-order chi connectivity index (χ1) is 6.77. The summed E-state index contributed by atoms with van der Waals surface area (Å²) in [7, 11) is 2.03. The van der Waals surface area contributed by atoms with Crippen LogP contribution in [0.4, 0.5) is 5.82 Å². The van der Waals surface area contributed by atoms with E-state index in [2.05, 4.69) is 21.8 Å². The minimum Gasteiger partial charge on any atom is -0.358 e. The van der Waals surface area contributed by atoms with Gasteiger partial charge in [-0.3, -0.25) is 4.98 Å². The lowest BCUT2D eigenvalue weighted by Crippen LogP contribution is -2.20. The van der Waals surface area contributed by atoms with Crippen LogP contribution in [-0.2, 0) is 6.54 Å². The second kappa shape index (κ2) is 5.54. The summed E-state index contributed by atoms with van der Waals surface area (Å²) in [5.74, 6) is 0.904. The molecular formula is C10H18N4. The van der Waals surface area contributed by atoms with Gasteiger partial charge in [0.2, 0.25) is 0 Å². The average molecular weight is 194 g/mol. The highest BCUT2D eigenvalue weighted by molar-refractivity contribution is 5.34. The van der Waals surface area contributed by atoms with Crippen LogP contribution in [0.15, 0.2) is 12.4 Å². The highest BCUT2D eigenvalue weighted by atomic mass is 15.2. The zero-order chi connectivity index (χ0) is 10.4. The monoisotopic (exact) mass is 194 g/mol. The van der Waals surface area contributed by atoms with Crippen molar-refractivity contribution < 1.29 is 0 Å². The zero-order valence-corrected chi connectivity index (χ0v) is 8.90. The van der Waals surface area contributed by atoms with Gasteiger partial charge in [0, 0.05) is 26.3 Å². The molecule has 14 heavy (non-hydrogen) atoms. The van der Waals surface area contributed by atoms with Crippen LogP contribution in [0.25, 0.3) is 0 Å². The second-order valence-electron chi connectivity index (χ2n) is 3.35. The molecule has 0 aromatic carbocycles. The lowest BCUT2D eigenvalue weighted by Gasteiger charge is -2.17. The number of rotatable bonds is 5. The van der Waals surface area contributed by atoms with Crippen LogP contribution in [0.2, 0.25) is 0 Å². The van der Waals surface area contributed by atoms with Crippen LogP contribution < -0.4 is 10.6 Å². The number of nitrogens with zero attached hydrogens (tertiary/aromatic N) is 3. The molecule has 0 spiro atoms. The largest absolute Gasteiger partial charge is 0.358 e. The third kappa shape index (κ3) is 2.96. The maximum absolute atomic E-state index is 5.50. The number of hydrogen-bond acceptors (Lipinski definition) is 4. The van der Waals surface area contributed by atoms with Crippen LogP contribution in [0.1, 0.15) is 25.5 Å². The van der Waals surface area contributed by atoms with E-state index < -0.39 is 0 Å². The van der Waals surface area contributed by atoms with E-state index in [9.17, 15) is 0 Å². The standard InChI is InChI=1S/C10H18N4/c1-3-4-5-14(2)10-8-12-7-9(6-11)13-10/h7-8H,3-6,11H2,1-2H3. The molecule has 0 radical (unpaired) electrons. The summed E-state index contributed by atoms with van der Waals surface area (Å²) in [6.45, 7) is 3.64. The van der Waals surface area contributed by atoms with Gasteiger partial charge in [0.1, 0.15) is 5.82 Å². The summed E-state index contributed by atoms with van der Waals surface area (Å²) in [5, 5.41) is 0. The third-order valence-corrected chi connectivity index (χ3v) is 2.12. The first-order valence-electron chi connectivity index (χ1n) is 5.00. The van der Waals surface area contributed by atoms with Gasteiger partial charge in [-0.1, -0.05) is 13.3 Å². The van der Waals surface area contributed by atoms with Crippen molar-refractivity contribution in [1.29, 1.82) is 0 Å². The summed E-state index contributed by atoms with van der Waals surface area (Å²) in [4.78, 5) is 10.6. The van der Waals surface area contributed by atoms with Crippen molar-refractivity contribution in [3.8, 4) is 0 Å². The molecular weight excluding hydrogens is 176 g/mol. The van der Waals surface area contributed by atoms with Gasteiger partial charge in [0.15, 0.2) is 0 Å². The molecule has 1 heterocycles. The molecule has 0 unspecified atom stereocenters. The fourth-order valence-corrected chi connectivity index (χ4v) is 1.19. The summed E-state index contributed by atoms with van der Waals surface area (Å²) >= 11 is 0. The molecule has 0 aliphatic heterocycles. The van der Waals surface area contributed by atoms with Crippen LogP contribution >= 0.6 is 0 Å². The van der Waals surface area contributed by atoms with Gasteiger partial charge in [0.05, 0.1) is 11.9 Å². The van der Waals surface area contributed by atoms with Gasteiger partial charge in [-0.25, -0.2) is 4.98 Å². The molecule has 0 bridgehead atoms. The second-order valence-corrected chi connectivity index (χ2v) is 3.35. The Labute approximate surface area is 85.2 Å². The van der Waals surface area contributed by atoms with E-state index in [1.807, 2.05) is 7.05 Å². The molecule has 0 fully saturated rings. The fourth-order valence-electron chi connectivity index (χ4n) is 1.19. The maximum Gasteiger partial charge on any atom is 0.147 e. The molecule has 0 amide bonds. The number of aromatic nitrogens is 2. The van der Waals surface area contributed by atoms with Crippen molar-refractivity contribution in [3.63, 3.8) is 0 Å². The Morgan fingerprint density at radius 1 is 1.43 bits per heavy atom. The predicted molar refractivity (Wildman–Crippen MR) is 58.1 cm³/mol. The molecule has 0 aliphatic rings. The minimum atomic E-state index is 0.447. The van der Waals surface area contributed by atoms with Crippen LogP contribution in [0.3, 0.4) is 0 Å². The smallest absolute Gasteiger partial charge is 0.147 e. The highest BCUT2D eigenvalue weighted by Gasteiger charge is 2.02. The predicted octanol–water partition coefficient (Wildman–Crippen LogP) is 1.17. The van der Waals surface area contributed by atoms with Gasteiger partial charge >= 0.3 is 0 Å². The average Bonchev–Trinajstić information content (AvgIpc) is 2.26. The summed E-state index contributed by atoms with van der Waals surface area (Å²) in [5.41, 5.74) is 6.34. The zero-order valence-electron chi connectivity index (χ0n) is 8.90. The SMILES string of the molecule is CCCCN(C)c1cncc(CN)n1. The first-order valence-corrected chi connectivity index (χ1v) is 5.00. The first kappa shape index (κ1) is 10.9. The third-order valence-electron chi connectivity index (χ3n) is 2.12. The van der Waals surface area contributed by atoms with Gasteiger partial charge < -0.3 is 10.6 Å². The van der Waals surface area contributed by atoms with Crippen LogP contribution in [0.5, 0.6) is 0 Å². The van der Waals surface area contributed by atoms with Crippen molar-refractivity contribution in [2.45, 2.75) is 26.3 Å². The summed E-state index contributed by atoms with van der Waals surface area (Å²) in [6, 6.07) is 0. The van der Waals surface area contributed by atoms with E-state index in [-0.39, 0.29) is 0 Å². The Bertz CT molecular complexity index is 275. The Morgan fingerprint density at radius 3 is 2.86 bits per heavy atom. The normalized spacial score (nSPS) is 10.2. The number of nitrogens with two attached hydrogens (primary N) is 1. The van der Waals surface area contributed by atoms with Gasteiger partial charge in [-0.15, -0.1) is 0 Å². The number of hydrogen-bond donors (Lipinski definition) is 1. The molecule has 1 aromatic rings. The van der Waals surface area contributed by atoms with E-state index in [4.69, 9.17) is 5.73 Å². The highest BCUT2D eigenvalue weighted by Crippen LogP contribution is 2.08. The van der Waals surface area contributed by atoms with Crippen LogP contribution in [0, 0.1) is 0 Å². The Balaban J connectivity index is 2.64. The minimum absolute atomic E-state index is 0.447. The van der Waals surface area contributed by atoms with E-state index in [0.29, 0.717) is 6.54 Å². The van der Waals surface area contributed by atoms with E-state index >= 15 is 0 Å². The van der Waals surface area contributed by atoms with E-state index in [1.54, 1.807) is 12.4 Å². The summed E-state index contributed by atoms with van der Waals surface area (Å²) in [6.07, 6.45) is 5.84. The Morgan fingerprint density at radius 2 is 2.21 bits per heavy atom. The fraction of sp³-hybridized carbons (Fsp3) is 0.600. The number of anilines is 1. The maximum atomic E-state index is 5.50. The Kier molecular flexibility index (Phi) is 4.32. The van der Waals surface area contributed by atoms with Gasteiger partial charge in [0.25, 0.3) is 0 Å². The van der Waals surface area contributed by atoms with Gasteiger partial charge in [-0.05, 0) is 6.42 Å². The Hall–Kier alpha value is -1.16. The van der Waals surface area contributed by atoms with E-state index in [0.717, 1.165) is 18.1 Å². The summed E-state index contributed by atoms with van der Waals surface area (Å²) < 4.78 is 0. The lowest BCUT2D eigenvalue weighted by atomic mass is 10.3. The quantitative estimate of drug-likeness (QED) is 0.764. The van der Waals surface area contributed by atoms with E-state index in [1.165, 1.54) is 12.8 Å². The molecule has 0 atom stereocenters. The molecule has 4 heteroatoms. The van der Waals surface area contributed by atoms with Crippen molar-refractivity contribution in [2.75, 3.05) is 18.5 Å². The molecule has 0 saturated carbocycles. The number of unbranched alkanes of at least 4 members (excludes halogenated alkanes) is 1. The molecule has 0 saturated heterocycles. The molecule has 2 N–H and O–H groups in total. The van der Waals surface area contributed by atoms with Crippen molar-refractivity contribution in [3.05, 3.63) is 18.1 Å². The topological polar surface area (TPSA) is 55.0 Å². The van der Waals surface area contributed by atoms with Crippen molar-refractivity contribution in [2.24, 2.45) is 5.73 Å². The van der Waals surface area contributed by atoms with Crippen LogP contribution in [-0.4, -0.2) is 23.6 Å².